The minimum Gasteiger partial charge on any atom is -0.459 e. The molecule has 0 aliphatic rings. The van der Waals surface area contributed by atoms with E-state index >= 15 is 0 Å². The van der Waals surface area contributed by atoms with Crippen molar-refractivity contribution in [2.24, 2.45) is 5.92 Å². The van der Waals surface area contributed by atoms with Crippen LogP contribution in [0.15, 0.2) is 60.7 Å². The molecular formula is C24H33NO3. The number of carbonyl (C=O) groups is 1. The molecule has 1 N–H and O–H groups in total. The molecule has 152 valence electrons. The first-order valence-electron chi connectivity index (χ1n) is 9.90. The second-order valence-corrected chi connectivity index (χ2v) is 8.45. The van der Waals surface area contributed by atoms with Gasteiger partial charge in [0.2, 0.25) is 0 Å². The maximum atomic E-state index is 13.2. The Balaban J connectivity index is 2.38. The maximum Gasteiger partial charge on any atom is 0.324 e. The van der Waals surface area contributed by atoms with Crippen molar-refractivity contribution < 1.29 is 14.6 Å². The van der Waals surface area contributed by atoms with Crippen molar-refractivity contribution >= 4 is 5.97 Å². The van der Waals surface area contributed by atoms with Gasteiger partial charge in [0.05, 0.1) is 6.10 Å². The van der Waals surface area contributed by atoms with Crippen molar-refractivity contribution in [2.45, 2.75) is 65.5 Å². The summed E-state index contributed by atoms with van der Waals surface area (Å²) in [7, 11) is 0. The number of nitrogens with zero attached hydrogens (tertiary/aromatic N) is 1. The lowest BCUT2D eigenvalue weighted by atomic mass is 9.93. The largest absolute Gasteiger partial charge is 0.459 e. The van der Waals surface area contributed by atoms with Gasteiger partial charge in [-0.15, -0.1) is 0 Å². The van der Waals surface area contributed by atoms with Crippen molar-refractivity contribution in [3.8, 4) is 0 Å². The highest BCUT2D eigenvalue weighted by Crippen LogP contribution is 2.24. The highest BCUT2D eigenvalue weighted by Gasteiger charge is 2.36. The fraction of sp³-hybridized carbons (Fsp3) is 0.458. The number of carbonyl (C=O) groups excluding carboxylic acids is 1. The maximum absolute atomic E-state index is 13.2. The van der Waals surface area contributed by atoms with E-state index in [-0.39, 0.29) is 11.9 Å². The van der Waals surface area contributed by atoms with Crippen LogP contribution in [0.3, 0.4) is 0 Å². The third kappa shape index (κ3) is 6.77. The first kappa shape index (κ1) is 22.1. The van der Waals surface area contributed by atoms with Gasteiger partial charge in [0.15, 0.2) is 0 Å². The van der Waals surface area contributed by atoms with Crippen molar-refractivity contribution in [3.63, 3.8) is 0 Å². The molecule has 2 rings (SSSR count). The average Bonchev–Trinajstić information content (AvgIpc) is 2.62. The van der Waals surface area contributed by atoms with E-state index in [0.29, 0.717) is 13.1 Å². The van der Waals surface area contributed by atoms with Crippen LogP contribution in [0.25, 0.3) is 0 Å². The van der Waals surface area contributed by atoms with E-state index in [2.05, 4.69) is 29.2 Å². The molecule has 0 fully saturated rings. The molecule has 0 amide bonds. The smallest absolute Gasteiger partial charge is 0.324 e. The van der Waals surface area contributed by atoms with Crippen LogP contribution in [0.2, 0.25) is 0 Å². The van der Waals surface area contributed by atoms with E-state index in [0.717, 1.165) is 11.1 Å². The average molecular weight is 384 g/mol. The van der Waals surface area contributed by atoms with Gasteiger partial charge < -0.3 is 9.84 Å². The summed E-state index contributed by atoms with van der Waals surface area (Å²) in [6.45, 7) is 10.4. The number of aliphatic hydroxyl groups excluding tert-OH is 1. The summed E-state index contributed by atoms with van der Waals surface area (Å²) >= 11 is 0. The van der Waals surface area contributed by atoms with Gasteiger partial charge in [-0.1, -0.05) is 67.6 Å². The van der Waals surface area contributed by atoms with Crippen molar-refractivity contribution in [1.29, 1.82) is 0 Å². The molecule has 0 saturated heterocycles. The van der Waals surface area contributed by atoms with Gasteiger partial charge in [-0.05, 0) is 38.8 Å². The Morgan fingerprint density at radius 2 is 1.36 bits per heavy atom. The van der Waals surface area contributed by atoms with Crippen molar-refractivity contribution in [3.05, 3.63) is 71.8 Å². The third-order valence-electron chi connectivity index (χ3n) is 4.76. The highest BCUT2D eigenvalue weighted by molar-refractivity contribution is 5.76. The summed E-state index contributed by atoms with van der Waals surface area (Å²) in [6.07, 6.45) is -0.633. The molecular weight excluding hydrogens is 350 g/mol. The number of hydrogen-bond donors (Lipinski definition) is 1. The molecule has 0 spiro atoms. The van der Waals surface area contributed by atoms with Crippen LogP contribution >= 0.6 is 0 Å². The zero-order valence-electron chi connectivity index (χ0n) is 17.6. The normalized spacial score (nSPS) is 15.1. The molecule has 0 aliphatic carbocycles. The molecule has 0 bridgehead atoms. The Bertz CT molecular complexity index is 681. The zero-order valence-corrected chi connectivity index (χ0v) is 17.6. The van der Waals surface area contributed by atoms with Crippen LogP contribution in [0, 0.1) is 5.92 Å². The Hall–Kier alpha value is -2.17. The van der Waals surface area contributed by atoms with E-state index in [1.165, 1.54) is 0 Å². The quantitative estimate of drug-likeness (QED) is 0.686. The molecule has 28 heavy (non-hydrogen) atoms. The standard InChI is InChI=1S/C24H33NO3/c1-18(19(2)26)22(23(27)28-24(3,4)5)25(16-20-12-8-6-9-13-20)17-21-14-10-7-11-15-21/h6-15,18-19,22,26H,16-17H2,1-5H3. The van der Waals surface area contributed by atoms with Gasteiger partial charge >= 0.3 is 5.97 Å². The first-order valence-corrected chi connectivity index (χ1v) is 9.90. The lowest BCUT2D eigenvalue weighted by Crippen LogP contribution is -2.50. The van der Waals surface area contributed by atoms with Gasteiger partial charge in [-0.25, -0.2) is 0 Å². The Kier molecular flexibility index (Phi) is 7.78. The Morgan fingerprint density at radius 1 is 0.929 bits per heavy atom. The van der Waals surface area contributed by atoms with Crippen LogP contribution in [0.4, 0.5) is 0 Å². The molecule has 4 heteroatoms. The SMILES string of the molecule is CC(O)C(C)C(C(=O)OC(C)(C)C)N(Cc1ccccc1)Cc1ccccc1. The lowest BCUT2D eigenvalue weighted by molar-refractivity contribution is -0.166. The van der Waals surface area contributed by atoms with Gasteiger partial charge in [0.25, 0.3) is 0 Å². The summed E-state index contributed by atoms with van der Waals surface area (Å²) in [6, 6.07) is 19.6. The van der Waals surface area contributed by atoms with Crippen LogP contribution in [-0.2, 0) is 22.6 Å². The molecule has 0 aliphatic heterocycles. The second kappa shape index (κ2) is 9.85. The third-order valence-corrected chi connectivity index (χ3v) is 4.76. The van der Waals surface area contributed by atoms with Gasteiger partial charge in [0, 0.05) is 19.0 Å². The fourth-order valence-electron chi connectivity index (χ4n) is 3.21. The van der Waals surface area contributed by atoms with Gasteiger partial charge in [-0.2, -0.15) is 0 Å². The van der Waals surface area contributed by atoms with E-state index in [1.54, 1.807) is 6.92 Å². The summed E-state index contributed by atoms with van der Waals surface area (Å²) in [5.74, 6) is -0.574. The van der Waals surface area contributed by atoms with E-state index in [9.17, 15) is 9.90 Å². The topological polar surface area (TPSA) is 49.8 Å². The molecule has 3 atom stereocenters. The van der Waals surface area contributed by atoms with Crippen LogP contribution < -0.4 is 0 Å². The zero-order chi connectivity index (χ0) is 20.7. The van der Waals surface area contributed by atoms with E-state index in [4.69, 9.17) is 4.74 Å². The van der Waals surface area contributed by atoms with E-state index < -0.39 is 17.7 Å². The number of benzene rings is 2. The van der Waals surface area contributed by atoms with Crippen LogP contribution in [0.5, 0.6) is 0 Å². The van der Waals surface area contributed by atoms with Crippen LogP contribution in [0.1, 0.15) is 45.7 Å². The molecule has 0 aromatic heterocycles. The Morgan fingerprint density at radius 3 is 1.71 bits per heavy atom. The molecule has 0 saturated carbocycles. The molecule has 2 aromatic rings. The van der Waals surface area contributed by atoms with Crippen LogP contribution in [-0.4, -0.2) is 33.7 Å². The monoisotopic (exact) mass is 383 g/mol. The van der Waals surface area contributed by atoms with Gasteiger partial charge in [0.1, 0.15) is 11.6 Å². The molecule has 4 nitrogen and oxygen atoms in total. The number of aliphatic hydroxyl groups is 1. The predicted molar refractivity (Wildman–Crippen MR) is 113 cm³/mol. The summed E-state index contributed by atoms with van der Waals surface area (Å²) in [4.78, 5) is 15.3. The number of ether oxygens (including phenoxy) is 1. The minimum absolute atomic E-state index is 0.276. The number of rotatable bonds is 8. The molecule has 0 heterocycles. The first-order chi connectivity index (χ1) is 13.2. The molecule has 3 unspecified atom stereocenters. The Labute approximate surface area is 169 Å². The summed E-state index contributed by atoms with van der Waals surface area (Å²) in [5.41, 5.74) is 1.65. The lowest BCUT2D eigenvalue weighted by Gasteiger charge is -2.37. The van der Waals surface area contributed by atoms with Crippen molar-refractivity contribution in [2.75, 3.05) is 0 Å². The molecule has 0 radical (unpaired) electrons. The summed E-state index contributed by atoms with van der Waals surface area (Å²) in [5, 5.41) is 10.3. The second-order valence-electron chi connectivity index (χ2n) is 8.45. The fourth-order valence-corrected chi connectivity index (χ4v) is 3.21. The van der Waals surface area contributed by atoms with E-state index in [1.807, 2.05) is 64.1 Å². The molecule has 2 aromatic carbocycles. The minimum atomic E-state index is -0.633. The predicted octanol–water partition coefficient (Wildman–Crippen LogP) is 4.42. The highest BCUT2D eigenvalue weighted by atomic mass is 16.6. The van der Waals surface area contributed by atoms with Gasteiger partial charge in [-0.3, -0.25) is 9.69 Å². The van der Waals surface area contributed by atoms with Crippen molar-refractivity contribution in [1.82, 2.24) is 4.90 Å². The number of hydrogen-bond acceptors (Lipinski definition) is 4. The summed E-state index contributed by atoms with van der Waals surface area (Å²) < 4.78 is 5.74. The number of esters is 1.